The molecule has 25 heavy (non-hydrogen) atoms. The summed E-state index contributed by atoms with van der Waals surface area (Å²) in [5, 5.41) is 2.87. The first-order valence-corrected chi connectivity index (χ1v) is 8.36. The zero-order chi connectivity index (χ0) is 17.7. The van der Waals surface area contributed by atoms with Crippen LogP contribution in [0.15, 0.2) is 18.2 Å². The highest BCUT2D eigenvalue weighted by atomic mass is 35.5. The van der Waals surface area contributed by atoms with Gasteiger partial charge in [-0.3, -0.25) is 4.79 Å². The lowest BCUT2D eigenvalue weighted by atomic mass is 9.46. The van der Waals surface area contributed by atoms with Crippen molar-refractivity contribution in [3.63, 3.8) is 0 Å². The van der Waals surface area contributed by atoms with Crippen LogP contribution in [0.25, 0.3) is 0 Å². The van der Waals surface area contributed by atoms with E-state index in [2.05, 4.69) is 5.32 Å². The lowest BCUT2D eigenvalue weighted by molar-refractivity contribution is -0.225. The lowest BCUT2D eigenvalue weighted by Crippen LogP contribution is -2.82. The summed E-state index contributed by atoms with van der Waals surface area (Å²) >= 11 is 0. The van der Waals surface area contributed by atoms with Gasteiger partial charge in [-0.2, -0.15) is 0 Å². The van der Waals surface area contributed by atoms with Crippen molar-refractivity contribution in [2.45, 2.75) is 51.3 Å². The van der Waals surface area contributed by atoms with Crippen molar-refractivity contribution in [2.75, 3.05) is 6.61 Å². The number of benzene rings is 1. The zero-order valence-corrected chi connectivity index (χ0v) is 15.5. The number of amides is 1. The minimum atomic E-state index is -1.02. The van der Waals surface area contributed by atoms with Gasteiger partial charge in [-0.25, -0.2) is 8.78 Å². The Bertz CT molecular complexity index is 670. The maximum atomic E-state index is 13.4. The second-order valence-electron chi connectivity index (χ2n) is 7.50. The first kappa shape index (κ1) is 20.1. The van der Waals surface area contributed by atoms with Crippen LogP contribution >= 0.6 is 12.4 Å². The second kappa shape index (κ2) is 6.82. The van der Waals surface area contributed by atoms with Crippen LogP contribution in [0.2, 0.25) is 0 Å². The van der Waals surface area contributed by atoms with Gasteiger partial charge in [0.1, 0.15) is 5.54 Å². The van der Waals surface area contributed by atoms with Gasteiger partial charge < -0.3 is 15.8 Å². The van der Waals surface area contributed by atoms with Gasteiger partial charge in [-0.05, 0) is 37.5 Å². The van der Waals surface area contributed by atoms with E-state index < -0.39 is 28.6 Å². The van der Waals surface area contributed by atoms with Crippen molar-refractivity contribution in [2.24, 2.45) is 17.1 Å². The van der Waals surface area contributed by atoms with Crippen LogP contribution in [0.1, 0.15) is 45.2 Å². The fraction of sp³-hybridized carbons (Fsp3) is 0.611. The summed E-state index contributed by atoms with van der Waals surface area (Å²) in [4.78, 5) is 12.9. The maximum Gasteiger partial charge on any atom is 0.241 e. The monoisotopic (exact) mass is 374 g/mol. The molecule has 0 spiro atoms. The average Bonchev–Trinajstić information content (AvgIpc) is 2.56. The Morgan fingerprint density at radius 1 is 1.36 bits per heavy atom. The first-order valence-electron chi connectivity index (χ1n) is 8.36. The third kappa shape index (κ3) is 2.94. The van der Waals surface area contributed by atoms with Crippen LogP contribution in [0.5, 0.6) is 0 Å². The quantitative estimate of drug-likeness (QED) is 0.854. The van der Waals surface area contributed by atoms with E-state index >= 15 is 0 Å². The molecule has 140 valence electrons. The third-order valence-electron chi connectivity index (χ3n) is 5.85. The molecule has 0 bridgehead atoms. The minimum Gasteiger partial charge on any atom is -0.377 e. The van der Waals surface area contributed by atoms with Crippen molar-refractivity contribution in [1.29, 1.82) is 0 Å². The standard InChI is InChI=1S/C18H24F2N2O2.ClH/c1-10(11-6-7-13(19)14(20)9-11)22-16(23)18(21)12-5-4-8-24-15(12)17(18,2)3;/h6-7,9-10,12,15H,4-5,8,21H2,1-3H3,(H,22,23);1H. The Morgan fingerprint density at radius 2 is 2.04 bits per heavy atom. The molecule has 1 saturated heterocycles. The number of hydrogen-bond acceptors (Lipinski definition) is 3. The van der Waals surface area contributed by atoms with E-state index in [-0.39, 0.29) is 30.3 Å². The molecule has 1 saturated carbocycles. The van der Waals surface area contributed by atoms with E-state index in [4.69, 9.17) is 10.5 Å². The molecular weight excluding hydrogens is 350 g/mol. The zero-order valence-electron chi connectivity index (χ0n) is 14.6. The van der Waals surface area contributed by atoms with Gasteiger partial charge in [-0.1, -0.05) is 19.9 Å². The number of nitrogens with two attached hydrogens (primary N) is 1. The molecule has 4 unspecified atom stereocenters. The Kier molecular flexibility index (Phi) is 5.47. The van der Waals surface area contributed by atoms with Gasteiger partial charge in [0.2, 0.25) is 5.91 Å². The summed E-state index contributed by atoms with van der Waals surface area (Å²) in [5.41, 5.74) is 5.53. The number of fused-ring (bicyclic) bond motifs is 1. The summed E-state index contributed by atoms with van der Waals surface area (Å²) in [7, 11) is 0. The average molecular weight is 375 g/mol. The second-order valence-corrected chi connectivity index (χ2v) is 7.50. The van der Waals surface area contributed by atoms with Crippen LogP contribution in [-0.4, -0.2) is 24.2 Å². The molecule has 7 heteroatoms. The molecule has 1 aromatic carbocycles. The summed E-state index contributed by atoms with van der Waals surface area (Å²) in [6, 6.07) is 3.16. The van der Waals surface area contributed by atoms with E-state index in [0.717, 1.165) is 25.0 Å². The summed E-state index contributed by atoms with van der Waals surface area (Å²) in [5.74, 6) is -2.12. The molecule has 4 atom stereocenters. The summed E-state index contributed by atoms with van der Waals surface area (Å²) in [6.45, 7) is 6.32. The molecule has 3 rings (SSSR count). The van der Waals surface area contributed by atoms with Crippen molar-refractivity contribution in [3.05, 3.63) is 35.4 Å². The fourth-order valence-electron chi connectivity index (χ4n) is 4.22. The van der Waals surface area contributed by atoms with Gasteiger partial charge in [0, 0.05) is 17.9 Å². The van der Waals surface area contributed by atoms with Gasteiger partial charge in [-0.15, -0.1) is 12.4 Å². The molecule has 1 heterocycles. The largest absolute Gasteiger partial charge is 0.377 e. The van der Waals surface area contributed by atoms with Crippen LogP contribution < -0.4 is 11.1 Å². The fourth-order valence-corrected chi connectivity index (χ4v) is 4.22. The first-order chi connectivity index (χ1) is 11.2. The van der Waals surface area contributed by atoms with Crippen molar-refractivity contribution in [3.8, 4) is 0 Å². The van der Waals surface area contributed by atoms with E-state index in [1.807, 2.05) is 13.8 Å². The summed E-state index contributed by atoms with van der Waals surface area (Å²) < 4.78 is 32.3. The smallest absolute Gasteiger partial charge is 0.241 e. The number of rotatable bonds is 3. The van der Waals surface area contributed by atoms with Gasteiger partial charge in [0.25, 0.3) is 0 Å². The Hall–Kier alpha value is -1.24. The van der Waals surface area contributed by atoms with E-state index in [1.54, 1.807) is 6.92 Å². The van der Waals surface area contributed by atoms with Crippen molar-refractivity contribution in [1.82, 2.24) is 5.32 Å². The molecular formula is C18H25ClF2N2O2. The number of carbonyl (C=O) groups excluding carboxylic acids is 1. The Labute approximate surface area is 152 Å². The molecule has 3 N–H and O–H groups in total. The molecule has 1 aliphatic carbocycles. The van der Waals surface area contributed by atoms with E-state index in [9.17, 15) is 13.6 Å². The highest BCUT2D eigenvalue weighted by molar-refractivity contribution is 5.89. The molecule has 4 nitrogen and oxygen atoms in total. The molecule has 2 fully saturated rings. The van der Waals surface area contributed by atoms with Gasteiger partial charge in [0.05, 0.1) is 12.1 Å². The Balaban J connectivity index is 0.00000225. The number of ether oxygens (including phenoxy) is 1. The predicted octanol–water partition coefficient (Wildman–Crippen LogP) is 3.10. The normalized spacial score (nSPS) is 31.1. The molecule has 0 aromatic heterocycles. The Morgan fingerprint density at radius 3 is 2.68 bits per heavy atom. The van der Waals surface area contributed by atoms with Gasteiger partial charge >= 0.3 is 0 Å². The molecule has 1 aliphatic heterocycles. The summed E-state index contributed by atoms with van der Waals surface area (Å²) in [6.07, 6.45) is 1.74. The van der Waals surface area contributed by atoms with E-state index in [0.29, 0.717) is 12.2 Å². The highest BCUT2D eigenvalue weighted by Crippen LogP contribution is 2.57. The number of nitrogens with one attached hydrogen (secondary N) is 1. The SMILES string of the molecule is CC(NC(=O)C1(N)C2CCCOC2C1(C)C)c1ccc(F)c(F)c1.Cl. The maximum absolute atomic E-state index is 13.4. The number of hydrogen-bond donors (Lipinski definition) is 2. The predicted molar refractivity (Wildman–Crippen MR) is 93.3 cm³/mol. The third-order valence-corrected chi connectivity index (χ3v) is 5.85. The lowest BCUT2D eigenvalue weighted by Gasteiger charge is -2.65. The number of halogens is 3. The minimum absolute atomic E-state index is 0. The van der Waals surface area contributed by atoms with Crippen molar-refractivity contribution < 1.29 is 18.3 Å². The van der Waals surface area contributed by atoms with Crippen LogP contribution in [-0.2, 0) is 9.53 Å². The molecule has 1 amide bonds. The molecule has 0 radical (unpaired) electrons. The van der Waals surface area contributed by atoms with Crippen molar-refractivity contribution >= 4 is 18.3 Å². The van der Waals surface area contributed by atoms with Crippen LogP contribution in [0.4, 0.5) is 8.78 Å². The highest BCUT2D eigenvalue weighted by Gasteiger charge is 2.70. The number of carbonyl (C=O) groups is 1. The van der Waals surface area contributed by atoms with E-state index in [1.165, 1.54) is 6.07 Å². The molecule has 2 aliphatic rings. The molecule has 1 aromatic rings. The van der Waals surface area contributed by atoms with Gasteiger partial charge in [0.15, 0.2) is 11.6 Å². The van der Waals surface area contributed by atoms with Crippen LogP contribution in [0, 0.1) is 23.0 Å². The van der Waals surface area contributed by atoms with Crippen LogP contribution in [0.3, 0.4) is 0 Å². The topological polar surface area (TPSA) is 64.4 Å².